The SMILES string of the molecule is C[CH]NC(=O)N(C)C. The minimum absolute atomic E-state index is 0.0903. The van der Waals surface area contributed by atoms with Crippen LogP contribution in [0.3, 0.4) is 0 Å². The summed E-state index contributed by atoms with van der Waals surface area (Å²) in [4.78, 5) is 12.0. The van der Waals surface area contributed by atoms with Crippen LogP contribution in [0.2, 0.25) is 0 Å². The molecule has 8 heavy (non-hydrogen) atoms. The molecule has 1 radical (unpaired) electrons. The largest absolute Gasteiger partial charge is 0.333 e. The summed E-state index contributed by atoms with van der Waals surface area (Å²) >= 11 is 0. The molecule has 2 amide bonds. The van der Waals surface area contributed by atoms with Crippen molar-refractivity contribution >= 4 is 6.03 Å². The maximum Gasteiger partial charge on any atom is 0.317 e. The van der Waals surface area contributed by atoms with Crippen LogP contribution in [0.1, 0.15) is 6.92 Å². The van der Waals surface area contributed by atoms with Gasteiger partial charge in [-0.2, -0.15) is 0 Å². The Bertz CT molecular complexity index is 80.5. The molecule has 0 aliphatic heterocycles. The Morgan fingerprint density at radius 1 is 1.62 bits per heavy atom. The first-order valence-electron chi connectivity index (χ1n) is 2.44. The molecule has 0 aliphatic carbocycles. The number of nitrogens with zero attached hydrogens (tertiary/aromatic N) is 1. The maximum absolute atomic E-state index is 10.5. The van der Waals surface area contributed by atoms with Crippen molar-refractivity contribution in [3.8, 4) is 0 Å². The van der Waals surface area contributed by atoms with Crippen molar-refractivity contribution in [2.45, 2.75) is 6.92 Å². The Hall–Kier alpha value is -0.730. The van der Waals surface area contributed by atoms with Gasteiger partial charge >= 0.3 is 6.03 Å². The molecule has 47 valence electrons. The molecule has 0 saturated heterocycles. The zero-order chi connectivity index (χ0) is 6.57. The van der Waals surface area contributed by atoms with Crippen LogP contribution in [0.25, 0.3) is 0 Å². The molecule has 0 aromatic rings. The smallest absolute Gasteiger partial charge is 0.317 e. The quantitative estimate of drug-likeness (QED) is 0.528. The number of hydrogen-bond acceptors (Lipinski definition) is 1. The molecule has 0 unspecified atom stereocenters. The van der Waals surface area contributed by atoms with E-state index in [1.165, 1.54) is 4.90 Å². The van der Waals surface area contributed by atoms with Crippen LogP contribution < -0.4 is 5.32 Å². The number of carbonyl (C=O) groups is 1. The van der Waals surface area contributed by atoms with Crippen LogP contribution in [0.15, 0.2) is 0 Å². The second-order valence-corrected chi connectivity index (χ2v) is 1.63. The molecule has 0 heterocycles. The molecule has 0 aliphatic rings. The van der Waals surface area contributed by atoms with Crippen molar-refractivity contribution in [1.29, 1.82) is 0 Å². The van der Waals surface area contributed by atoms with Gasteiger partial charge in [0, 0.05) is 20.6 Å². The first-order chi connectivity index (χ1) is 3.68. The molecule has 0 saturated carbocycles. The molecule has 3 nitrogen and oxygen atoms in total. The number of rotatable bonds is 1. The van der Waals surface area contributed by atoms with Gasteiger partial charge in [-0.3, -0.25) is 0 Å². The Labute approximate surface area is 49.7 Å². The van der Waals surface area contributed by atoms with E-state index >= 15 is 0 Å². The van der Waals surface area contributed by atoms with Crippen LogP contribution in [0.4, 0.5) is 4.79 Å². The highest BCUT2D eigenvalue weighted by Gasteiger charge is 1.97. The van der Waals surface area contributed by atoms with Gasteiger partial charge in [-0.1, -0.05) is 0 Å². The second-order valence-electron chi connectivity index (χ2n) is 1.63. The minimum atomic E-state index is -0.0903. The van der Waals surface area contributed by atoms with Crippen LogP contribution in [-0.2, 0) is 0 Å². The van der Waals surface area contributed by atoms with Gasteiger partial charge in [-0.15, -0.1) is 0 Å². The summed E-state index contributed by atoms with van der Waals surface area (Å²) in [6.45, 7) is 3.36. The molecule has 0 aromatic carbocycles. The van der Waals surface area contributed by atoms with Gasteiger partial charge in [-0.05, 0) is 6.92 Å². The van der Waals surface area contributed by atoms with Gasteiger partial charge < -0.3 is 10.2 Å². The molecule has 0 aromatic heterocycles. The summed E-state index contributed by atoms with van der Waals surface area (Å²) < 4.78 is 0. The zero-order valence-corrected chi connectivity index (χ0v) is 5.43. The fourth-order valence-electron chi connectivity index (χ4n) is 0.253. The van der Waals surface area contributed by atoms with Gasteiger partial charge in [0.2, 0.25) is 0 Å². The van der Waals surface area contributed by atoms with Crippen molar-refractivity contribution in [1.82, 2.24) is 10.2 Å². The van der Waals surface area contributed by atoms with E-state index in [0.717, 1.165) is 0 Å². The molecule has 0 spiro atoms. The average molecular weight is 115 g/mol. The van der Waals surface area contributed by atoms with E-state index in [1.807, 2.05) is 0 Å². The molecule has 1 N–H and O–H groups in total. The summed E-state index contributed by atoms with van der Waals surface area (Å²) in [6.07, 6.45) is 0. The van der Waals surface area contributed by atoms with Gasteiger partial charge in [0.15, 0.2) is 0 Å². The molecule has 0 atom stereocenters. The Kier molecular flexibility index (Phi) is 2.99. The van der Waals surface area contributed by atoms with E-state index in [1.54, 1.807) is 27.6 Å². The Morgan fingerprint density at radius 3 is 2.25 bits per heavy atom. The molecule has 0 bridgehead atoms. The van der Waals surface area contributed by atoms with Crippen LogP contribution in [0, 0.1) is 6.54 Å². The lowest BCUT2D eigenvalue weighted by molar-refractivity contribution is 0.220. The van der Waals surface area contributed by atoms with Gasteiger partial charge in [0.25, 0.3) is 0 Å². The van der Waals surface area contributed by atoms with E-state index in [9.17, 15) is 4.79 Å². The zero-order valence-electron chi connectivity index (χ0n) is 5.43. The lowest BCUT2D eigenvalue weighted by Gasteiger charge is -2.08. The number of urea groups is 1. The number of carbonyl (C=O) groups excluding carboxylic acids is 1. The van der Waals surface area contributed by atoms with Crippen LogP contribution in [-0.4, -0.2) is 25.0 Å². The van der Waals surface area contributed by atoms with Gasteiger partial charge in [0.1, 0.15) is 0 Å². The van der Waals surface area contributed by atoms with Gasteiger partial charge in [-0.25, -0.2) is 4.79 Å². The Morgan fingerprint density at radius 2 is 2.12 bits per heavy atom. The predicted octanol–water partition coefficient (Wildman–Crippen LogP) is 0.439. The van der Waals surface area contributed by atoms with E-state index in [4.69, 9.17) is 0 Å². The summed E-state index contributed by atoms with van der Waals surface area (Å²) in [5.41, 5.74) is 0. The summed E-state index contributed by atoms with van der Waals surface area (Å²) in [5, 5.41) is 2.51. The fourth-order valence-corrected chi connectivity index (χ4v) is 0.253. The topological polar surface area (TPSA) is 32.3 Å². The third-order valence-corrected chi connectivity index (χ3v) is 0.674. The van der Waals surface area contributed by atoms with E-state index < -0.39 is 0 Å². The normalized spacial score (nSPS) is 8.38. The summed E-state index contributed by atoms with van der Waals surface area (Å²) in [5.74, 6) is 0. The average Bonchev–Trinajstić information content (AvgIpc) is 1.67. The molecule has 0 rings (SSSR count). The van der Waals surface area contributed by atoms with E-state index in [0.29, 0.717) is 0 Å². The highest BCUT2D eigenvalue weighted by Crippen LogP contribution is 1.75. The predicted molar refractivity (Wildman–Crippen MR) is 32.2 cm³/mol. The maximum atomic E-state index is 10.5. The lowest BCUT2D eigenvalue weighted by Crippen LogP contribution is -2.31. The second kappa shape index (κ2) is 3.29. The fraction of sp³-hybridized carbons (Fsp3) is 0.600. The first kappa shape index (κ1) is 7.27. The highest BCUT2D eigenvalue weighted by atomic mass is 16.2. The monoisotopic (exact) mass is 115 g/mol. The van der Waals surface area contributed by atoms with Crippen LogP contribution in [0.5, 0.6) is 0 Å². The lowest BCUT2D eigenvalue weighted by atomic mass is 10.7. The third-order valence-electron chi connectivity index (χ3n) is 0.674. The Balaban J connectivity index is 3.33. The highest BCUT2D eigenvalue weighted by molar-refractivity contribution is 5.73. The van der Waals surface area contributed by atoms with Crippen LogP contribution >= 0.6 is 0 Å². The molecular weight excluding hydrogens is 104 g/mol. The van der Waals surface area contributed by atoms with E-state index in [-0.39, 0.29) is 6.03 Å². The summed E-state index contributed by atoms with van der Waals surface area (Å²) in [6, 6.07) is -0.0903. The number of hydrogen-bond donors (Lipinski definition) is 1. The van der Waals surface area contributed by atoms with Crippen molar-refractivity contribution in [2.75, 3.05) is 14.1 Å². The van der Waals surface area contributed by atoms with Gasteiger partial charge in [0.05, 0.1) is 0 Å². The summed E-state index contributed by atoms with van der Waals surface area (Å²) in [7, 11) is 3.39. The van der Waals surface area contributed by atoms with E-state index in [2.05, 4.69) is 5.32 Å². The molecule has 0 fully saturated rings. The first-order valence-corrected chi connectivity index (χ1v) is 2.44. The minimum Gasteiger partial charge on any atom is -0.333 e. The van der Waals surface area contributed by atoms with Crippen molar-refractivity contribution in [3.05, 3.63) is 6.54 Å². The van der Waals surface area contributed by atoms with Crippen molar-refractivity contribution in [2.24, 2.45) is 0 Å². The molecular formula is C5H11N2O. The van der Waals surface area contributed by atoms with Crippen molar-refractivity contribution < 1.29 is 4.79 Å². The third kappa shape index (κ3) is 2.44. The molecule has 3 heteroatoms. The number of amides is 2. The standard InChI is InChI=1S/C5H11N2O/c1-4-6-5(8)7(2)3/h4H,1-3H3,(H,6,8). The number of nitrogens with one attached hydrogen (secondary N) is 1. The van der Waals surface area contributed by atoms with Crippen molar-refractivity contribution in [3.63, 3.8) is 0 Å².